The van der Waals surface area contributed by atoms with E-state index >= 15 is 0 Å². The molecular formula is C24H37N3O. The monoisotopic (exact) mass is 383 g/mol. The van der Waals surface area contributed by atoms with Gasteiger partial charge in [0, 0.05) is 37.6 Å². The minimum absolute atomic E-state index is 0.224. The van der Waals surface area contributed by atoms with E-state index in [0.717, 1.165) is 6.54 Å². The molecule has 3 aliphatic rings. The van der Waals surface area contributed by atoms with Crippen LogP contribution in [0.1, 0.15) is 75.3 Å². The number of carbonyl (C=O) groups excluding carboxylic acids is 1. The molecule has 1 amide bonds. The third-order valence-corrected chi connectivity index (χ3v) is 7.26. The van der Waals surface area contributed by atoms with Gasteiger partial charge in [0.1, 0.15) is 0 Å². The van der Waals surface area contributed by atoms with E-state index in [1.54, 1.807) is 0 Å². The summed E-state index contributed by atoms with van der Waals surface area (Å²) in [5, 5.41) is 6.88. The Kier molecular flexibility index (Phi) is 6.69. The molecule has 2 bridgehead atoms. The Morgan fingerprint density at radius 2 is 1.71 bits per heavy atom. The molecule has 1 saturated carbocycles. The van der Waals surface area contributed by atoms with Gasteiger partial charge in [0.15, 0.2) is 0 Å². The zero-order valence-electron chi connectivity index (χ0n) is 17.5. The molecule has 2 heterocycles. The van der Waals surface area contributed by atoms with Crippen LogP contribution in [-0.4, -0.2) is 36.0 Å². The highest BCUT2D eigenvalue weighted by Gasteiger charge is 2.34. The number of nitrogens with one attached hydrogen (secondary N) is 2. The standard InChI is InChI=1S/C24H37N3O/c1-27(23-9-3-2-4-10-23)17-20-8-6-5-7-19(20)16-25-24(28)15-18-13-21-11-12-22(14-18)26-21/h5-8,18,21-23,26H,2-4,9-17H2,1H3,(H,25,28). The van der Waals surface area contributed by atoms with Crippen molar-refractivity contribution in [3.63, 3.8) is 0 Å². The van der Waals surface area contributed by atoms with Crippen molar-refractivity contribution < 1.29 is 4.79 Å². The molecule has 0 spiro atoms. The molecule has 28 heavy (non-hydrogen) atoms. The average molecular weight is 384 g/mol. The summed E-state index contributed by atoms with van der Waals surface area (Å²) in [4.78, 5) is 15.1. The summed E-state index contributed by atoms with van der Waals surface area (Å²) in [6.45, 7) is 1.64. The second kappa shape index (κ2) is 9.41. The molecule has 2 unspecified atom stereocenters. The lowest BCUT2D eigenvalue weighted by Gasteiger charge is -2.31. The zero-order chi connectivity index (χ0) is 19.3. The second-order valence-electron chi connectivity index (χ2n) is 9.43. The SMILES string of the molecule is CN(Cc1ccccc1CNC(=O)CC1CC2CCC(C1)N2)C1CCCCC1. The Morgan fingerprint density at radius 3 is 2.43 bits per heavy atom. The zero-order valence-corrected chi connectivity index (χ0v) is 17.5. The van der Waals surface area contributed by atoms with Crippen LogP contribution in [0.15, 0.2) is 24.3 Å². The summed E-state index contributed by atoms with van der Waals surface area (Å²) in [5.74, 6) is 0.785. The Bertz CT molecular complexity index is 643. The minimum atomic E-state index is 0.224. The van der Waals surface area contributed by atoms with Gasteiger partial charge in [-0.05, 0) is 62.6 Å². The van der Waals surface area contributed by atoms with Gasteiger partial charge >= 0.3 is 0 Å². The molecule has 0 aromatic heterocycles. The van der Waals surface area contributed by atoms with Crippen molar-refractivity contribution in [3.05, 3.63) is 35.4 Å². The predicted molar refractivity (Wildman–Crippen MR) is 114 cm³/mol. The molecule has 3 fully saturated rings. The lowest BCUT2D eigenvalue weighted by molar-refractivity contribution is -0.122. The second-order valence-corrected chi connectivity index (χ2v) is 9.43. The number of carbonyl (C=O) groups is 1. The average Bonchev–Trinajstić information content (AvgIpc) is 3.06. The van der Waals surface area contributed by atoms with Crippen LogP contribution < -0.4 is 10.6 Å². The summed E-state index contributed by atoms with van der Waals surface area (Å²) in [6, 6.07) is 10.7. The number of hydrogen-bond donors (Lipinski definition) is 2. The van der Waals surface area contributed by atoms with Crippen molar-refractivity contribution in [2.75, 3.05) is 7.05 Å². The maximum absolute atomic E-state index is 12.6. The number of rotatable bonds is 7. The molecule has 2 atom stereocenters. The van der Waals surface area contributed by atoms with Crippen LogP contribution in [-0.2, 0) is 17.9 Å². The van der Waals surface area contributed by atoms with Crippen molar-refractivity contribution in [3.8, 4) is 0 Å². The van der Waals surface area contributed by atoms with Gasteiger partial charge in [-0.2, -0.15) is 0 Å². The summed E-state index contributed by atoms with van der Waals surface area (Å²) >= 11 is 0. The Hall–Kier alpha value is -1.39. The molecule has 1 aromatic rings. The Balaban J connectivity index is 1.28. The number of benzene rings is 1. The third kappa shape index (κ3) is 5.15. The van der Waals surface area contributed by atoms with E-state index in [-0.39, 0.29) is 5.91 Å². The van der Waals surface area contributed by atoms with Gasteiger partial charge in [-0.25, -0.2) is 0 Å². The van der Waals surface area contributed by atoms with E-state index in [4.69, 9.17) is 0 Å². The fourth-order valence-electron chi connectivity index (χ4n) is 5.67. The highest BCUT2D eigenvalue weighted by Crippen LogP contribution is 2.32. The number of piperidine rings is 1. The van der Waals surface area contributed by atoms with Crippen LogP contribution in [0.3, 0.4) is 0 Å². The van der Waals surface area contributed by atoms with E-state index < -0.39 is 0 Å². The maximum atomic E-state index is 12.6. The molecule has 4 nitrogen and oxygen atoms in total. The predicted octanol–water partition coefficient (Wildman–Crippen LogP) is 3.99. The maximum Gasteiger partial charge on any atom is 0.220 e. The van der Waals surface area contributed by atoms with Crippen LogP contribution in [0, 0.1) is 5.92 Å². The van der Waals surface area contributed by atoms with E-state index in [1.807, 2.05) is 0 Å². The highest BCUT2D eigenvalue weighted by molar-refractivity contribution is 5.76. The van der Waals surface area contributed by atoms with Crippen LogP contribution >= 0.6 is 0 Å². The van der Waals surface area contributed by atoms with Gasteiger partial charge in [0.2, 0.25) is 5.91 Å². The number of hydrogen-bond acceptors (Lipinski definition) is 3. The molecule has 4 heteroatoms. The van der Waals surface area contributed by atoms with Gasteiger partial charge in [0.25, 0.3) is 0 Å². The molecule has 154 valence electrons. The quantitative estimate of drug-likeness (QED) is 0.748. The van der Waals surface area contributed by atoms with Crippen molar-refractivity contribution >= 4 is 5.91 Å². The topological polar surface area (TPSA) is 44.4 Å². The Morgan fingerprint density at radius 1 is 1.04 bits per heavy atom. The lowest BCUT2D eigenvalue weighted by Crippen LogP contribution is -2.39. The molecule has 1 aromatic carbocycles. The molecular weight excluding hydrogens is 346 g/mol. The van der Waals surface area contributed by atoms with Crippen molar-refractivity contribution in [1.82, 2.24) is 15.5 Å². The van der Waals surface area contributed by atoms with Crippen LogP contribution in [0.2, 0.25) is 0 Å². The molecule has 0 radical (unpaired) electrons. The van der Waals surface area contributed by atoms with Gasteiger partial charge in [-0.1, -0.05) is 43.5 Å². The van der Waals surface area contributed by atoms with E-state index in [9.17, 15) is 4.79 Å². The third-order valence-electron chi connectivity index (χ3n) is 7.26. The van der Waals surface area contributed by atoms with E-state index in [1.165, 1.54) is 68.9 Å². The fourth-order valence-corrected chi connectivity index (χ4v) is 5.67. The van der Waals surface area contributed by atoms with Gasteiger partial charge in [-0.3, -0.25) is 9.69 Å². The fraction of sp³-hybridized carbons (Fsp3) is 0.708. The number of fused-ring (bicyclic) bond motifs is 2. The van der Waals surface area contributed by atoms with Gasteiger partial charge in [-0.15, -0.1) is 0 Å². The van der Waals surface area contributed by atoms with Gasteiger partial charge < -0.3 is 10.6 Å². The van der Waals surface area contributed by atoms with Crippen molar-refractivity contribution in [2.45, 2.75) is 95.4 Å². The molecule has 2 aliphatic heterocycles. The largest absolute Gasteiger partial charge is 0.352 e. The summed E-state index contributed by atoms with van der Waals surface area (Å²) < 4.78 is 0. The molecule has 1 aliphatic carbocycles. The minimum Gasteiger partial charge on any atom is -0.352 e. The Labute approximate surface area is 170 Å². The first kappa shape index (κ1) is 19.9. The first-order valence-corrected chi connectivity index (χ1v) is 11.5. The smallest absolute Gasteiger partial charge is 0.220 e. The highest BCUT2D eigenvalue weighted by atomic mass is 16.1. The summed E-state index contributed by atoms with van der Waals surface area (Å²) in [7, 11) is 2.26. The lowest BCUT2D eigenvalue weighted by atomic mass is 9.89. The normalized spacial score (nSPS) is 27.9. The van der Waals surface area contributed by atoms with Gasteiger partial charge in [0.05, 0.1) is 0 Å². The van der Waals surface area contributed by atoms with E-state index in [0.29, 0.717) is 37.0 Å². The first-order chi connectivity index (χ1) is 13.7. The van der Waals surface area contributed by atoms with Crippen LogP contribution in [0.4, 0.5) is 0 Å². The van der Waals surface area contributed by atoms with Crippen molar-refractivity contribution in [2.24, 2.45) is 5.92 Å². The molecule has 4 rings (SSSR count). The van der Waals surface area contributed by atoms with E-state index in [2.05, 4.69) is 46.8 Å². The first-order valence-electron chi connectivity index (χ1n) is 11.5. The van der Waals surface area contributed by atoms with Crippen LogP contribution in [0.5, 0.6) is 0 Å². The number of nitrogens with zero attached hydrogens (tertiary/aromatic N) is 1. The van der Waals surface area contributed by atoms with Crippen LogP contribution in [0.25, 0.3) is 0 Å². The van der Waals surface area contributed by atoms with Crippen molar-refractivity contribution in [1.29, 1.82) is 0 Å². The molecule has 2 N–H and O–H groups in total. The summed E-state index contributed by atoms with van der Waals surface area (Å²) in [6.07, 6.45) is 12.4. The number of amides is 1. The summed E-state index contributed by atoms with van der Waals surface area (Å²) in [5.41, 5.74) is 2.62. The molecule has 2 saturated heterocycles.